The van der Waals surface area contributed by atoms with Crippen molar-refractivity contribution in [2.45, 2.75) is 26.7 Å². The molecule has 29 heavy (non-hydrogen) atoms. The van der Waals surface area contributed by atoms with Gasteiger partial charge in [0.05, 0.1) is 92.5 Å². The van der Waals surface area contributed by atoms with E-state index in [1.54, 1.807) is 0 Å². The summed E-state index contributed by atoms with van der Waals surface area (Å²) in [5.41, 5.74) is 0. The number of ether oxygens (including phenoxy) is 7. The molecule has 0 rings (SSSR count). The van der Waals surface area contributed by atoms with Crippen LogP contribution in [0, 0.1) is 0 Å². The minimum atomic E-state index is 0.0567. The van der Waals surface area contributed by atoms with Crippen LogP contribution in [-0.4, -0.2) is 116 Å². The van der Waals surface area contributed by atoms with E-state index in [1.165, 1.54) is 0 Å². The van der Waals surface area contributed by atoms with Gasteiger partial charge in [0.15, 0.2) is 0 Å². The maximum absolute atomic E-state index is 8.45. The Morgan fingerprint density at radius 3 is 1.03 bits per heavy atom. The van der Waals surface area contributed by atoms with Gasteiger partial charge in [0.2, 0.25) is 0 Å². The van der Waals surface area contributed by atoms with Gasteiger partial charge in [-0.3, -0.25) is 0 Å². The molecule has 0 saturated heterocycles. The van der Waals surface area contributed by atoms with E-state index in [1.807, 2.05) is 6.92 Å². The van der Waals surface area contributed by atoms with Crippen molar-refractivity contribution in [1.82, 2.24) is 0 Å². The summed E-state index contributed by atoms with van der Waals surface area (Å²) in [7, 11) is 0. The summed E-state index contributed by atoms with van der Waals surface area (Å²) >= 11 is 0. The third-order valence-corrected chi connectivity index (χ3v) is 3.18. The summed E-state index contributed by atoms with van der Waals surface area (Å²) in [5.74, 6) is 0. The lowest BCUT2D eigenvalue weighted by atomic mass is 10.4. The summed E-state index contributed by atoms with van der Waals surface area (Å²) in [6.07, 6.45) is 2.27. The first-order valence-electron chi connectivity index (χ1n) is 10.6. The van der Waals surface area contributed by atoms with E-state index in [0.29, 0.717) is 79.3 Å². The van der Waals surface area contributed by atoms with Crippen LogP contribution >= 0.6 is 0 Å². The average molecular weight is 429 g/mol. The van der Waals surface area contributed by atoms with Gasteiger partial charge in [-0.1, -0.05) is 13.3 Å². The fourth-order valence-electron chi connectivity index (χ4n) is 1.72. The molecular weight excluding hydrogens is 384 g/mol. The van der Waals surface area contributed by atoms with E-state index in [4.69, 9.17) is 43.4 Å². The smallest absolute Gasteiger partial charge is 0.0701 e. The fourth-order valence-corrected chi connectivity index (χ4v) is 1.72. The number of hydrogen-bond donors (Lipinski definition) is 2. The summed E-state index contributed by atoms with van der Waals surface area (Å²) < 4.78 is 36.1. The van der Waals surface area contributed by atoms with Crippen molar-refractivity contribution < 1.29 is 43.4 Å². The van der Waals surface area contributed by atoms with Crippen molar-refractivity contribution in [2.75, 3.05) is 106 Å². The molecule has 9 nitrogen and oxygen atoms in total. The SMILES string of the molecule is CCCCOCCOCCOCCOCCO.CCOCCOCCOCCO. The normalized spacial score (nSPS) is 10.8. The lowest BCUT2D eigenvalue weighted by Gasteiger charge is -2.06. The number of unbranched alkanes of at least 4 members (excludes halogenated alkanes) is 1. The lowest BCUT2D eigenvalue weighted by Crippen LogP contribution is -2.12. The standard InChI is InChI=1S/C12H26O5.C8H18O4/c1-2-3-5-14-7-9-16-11-12-17-10-8-15-6-4-13;1-2-10-5-6-12-8-7-11-4-3-9/h13H,2-12H2,1H3;9H,2-8H2,1H3. The molecule has 9 heteroatoms. The summed E-state index contributed by atoms with van der Waals surface area (Å²) in [6.45, 7) is 12.3. The molecule has 0 radical (unpaired) electrons. The number of hydrogen-bond acceptors (Lipinski definition) is 9. The molecule has 0 aliphatic heterocycles. The second kappa shape index (κ2) is 32.3. The van der Waals surface area contributed by atoms with Crippen LogP contribution in [0.2, 0.25) is 0 Å². The summed E-state index contributed by atoms with van der Waals surface area (Å²) in [5, 5.41) is 16.8. The largest absolute Gasteiger partial charge is 0.394 e. The summed E-state index contributed by atoms with van der Waals surface area (Å²) in [4.78, 5) is 0. The third kappa shape index (κ3) is 35.5. The van der Waals surface area contributed by atoms with Gasteiger partial charge in [-0.2, -0.15) is 0 Å². The minimum absolute atomic E-state index is 0.0567. The van der Waals surface area contributed by atoms with Crippen LogP contribution in [0.5, 0.6) is 0 Å². The second-order valence-electron chi connectivity index (χ2n) is 5.67. The van der Waals surface area contributed by atoms with Crippen molar-refractivity contribution >= 4 is 0 Å². The number of aliphatic hydroxyl groups excluding tert-OH is 2. The van der Waals surface area contributed by atoms with Crippen LogP contribution in [0.3, 0.4) is 0 Å². The second-order valence-corrected chi connectivity index (χ2v) is 5.67. The zero-order chi connectivity index (χ0) is 21.7. The van der Waals surface area contributed by atoms with Crippen molar-refractivity contribution in [1.29, 1.82) is 0 Å². The molecule has 0 aromatic heterocycles. The quantitative estimate of drug-likeness (QED) is 0.230. The van der Waals surface area contributed by atoms with Gasteiger partial charge in [0.1, 0.15) is 0 Å². The highest BCUT2D eigenvalue weighted by Crippen LogP contribution is 1.88. The van der Waals surface area contributed by atoms with Crippen LogP contribution < -0.4 is 0 Å². The number of rotatable bonds is 23. The Morgan fingerprint density at radius 1 is 0.414 bits per heavy atom. The molecule has 0 spiro atoms. The molecule has 0 aliphatic rings. The van der Waals surface area contributed by atoms with Crippen LogP contribution in [0.1, 0.15) is 26.7 Å². The van der Waals surface area contributed by atoms with Gasteiger partial charge >= 0.3 is 0 Å². The van der Waals surface area contributed by atoms with E-state index in [2.05, 4.69) is 6.92 Å². The molecule has 2 N–H and O–H groups in total. The van der Waals surface area contributed by atoms with E-state index in [9.17, 15) is 0 Å². The Kier molecular flexibility index (Phi) is 34.3. The van der Waals surface area contributed by atoms with Gasteiger partial charge in [-0.15, -0.1) is 0 Å². The molecule has 0 aromatic rings. The fraction of sp³-hybridized carbons (Fsp3) is 1.00. The molecule has 0 atom stereocenters. The highest BCUT2D eigenvalue weighted by molar-refractivity contribution is 4.36. The monoisotopic (exact) mass is 428 g/mol. The Morgan fingerprint density at radius 2 is 0.724 bits per heavy atom. The molecule has 0 aromatic carbocycles. The molecule has 0 aliphatic carbocycles. The topological polar surface area (TPSA) is 105 Å². The predicted octanol–water partition coefficient (Wildman–Crippen LogP) is 0.894. The molecule has 0 saturated carbocycles. The first-order valence-corrected chi connectivity index (χ1v) is 10.6. The number of aliphatic hydroxyl groups is 2. The van der Waals surface area contributed by atoms with Crippen LogP contribution in [0.25, 0.3) is 0 Å². The van der Waals surface area contributed by atoms with Gasteiger partial charge in [0, 0.05) is 13.2 Å². The van der Waals surface area contributed by atoms with Gasteiger partial charge in [0.25, 0.3) is 0 Å². The first kappa shape index (κ1) is 30.8. The Labute approximate surface area is 176 Å². The minimum Gasteiger partial charge on any atom is -0.394 e. The molecular formula is C20H44O9. The van der Waals surface area contributed by atoms with E-state index < -0.39 is 0 Å². The lowest BCUT2D eigenvalue weighted by molar-refractivity contribution is -0.00568. The van der Waals surface area contributed by atoms with E-state index >= 15 is 0 Å². The van der Waals surface area contributed by atoms with Crippen molar-refractivity contribution in [2.24, 2.45) is 0 Å². The Balaban J connectivity index is 0. The first-order chi connectivity index (χ1) is 14.3. The van der Waals surface area contributed by atoms with Crippen LogP contribution in [0.4, 0.5) is 0 Å². The molecule has 178 valence electrons. The van der Waals surface area contributed by atoms with Gasteiger partial charge in [-0.25, -0.2) is 0 Å². The van der Waals surface area contributed by atoms with E-state index in [0.717, 1.165) is 26.1 Å². The average Bonchev–Trinajstić information content (AvgIpc) is 2.74. The van der Waals surface area contributed by atoms with Crippen molar-refractivity contribution in [3.63, 3.8) is 0 Å². The van der Waals surface area contributed by atoms with Gasteiger partial charge in [-0.05, 0) is 13.3 Å². The van der Waals surface area contributed by atoms with Crippen LogP contribution in [0.15, 0.2) is 0 Å². The highest BCUT2D eigenvalue weighted by Gasteiger charge is 1.92. The maximum atomic E-state index is 8.45. The predicted molar refractivity (Wildman–Crippen MR) is 110 cm³/mol. The zero-order valence-electron chi connectivity index (χ0n) is 18.5. The molecule has 0 heterocycles. The third-order valence-electron chi connectivity index (χ3n) is 3.18. The van der Waals surface area contributed by atoms with Gasteiger partial charge < -0.3 is 43.4 Å². The molecule has 0 bridgehead atoms. The van der Waals surface area contributed by atoms with Crippen molar-refractivity contribution in [3.05, 3.63) is 0 Å². The zero-order valence-corrected chi connectivity index (χ0v) is 18.5. The highest BCUT2D eigenvalue weighted by atomic mass is 16.6. The molecule has 0 amide bonds. The Hall–Kier alpha value is -0.360. The summed E-state index contributed by atoms with van der Waals surface area (Å²) in [6, 6.07) is 0. The molecule has 0 fully saturated rings. The maximum Gasteiger partial charge on any atom is 0.0701 e. The van der Waals surface area contributed by atoms with Crippen molar-refractivity contribution in [3.8, 4) is 0 Å². The van der Waals surface area contributed by atoms with E-state index in [-0.39, 0.29) is 13.2 Å². The Bertz CT molecular complexity index is 234. The molecule has 0 unspecified atom stereocenters. The van der Waals surface area contributed by atoms with Crippen LogP contribution in [-0.2, 0) is 33.2 Å².